The maximum atomic E-state index is 4.54. The number of nitrogens with one attached hydrogen (secondary N) is 2. The van der Waals surface area contributed by atoms with E-state index in [4.69, 9.17) is 0 Å². The lowest BCUT2D eigenvalue weighted by molar-refractivity contribution is 0.898. The van der Waals surface area contributed by atoms with Crippen molar-refractivity contribution in [2.45, 2.75) is 13.0 Å². The van der Waals surface area contributed by atoms with Gasteiger partial charge in [0.15, 0.2) is 0 Å². The van der Waals surface area contributed by atoms with Gasteiger partial charge in [0.25, 0.3) is 0 Å². The minimum atomic E-state index is 0.220. The van der Waals surface area contributed by atoms with E-state index in [2.05, 4.69) is 45.0 Å². The first-order valence-corrected chi connectivity index (χ1v) is 7.40. The van der Waals surface area contributed by atoms with Crippen LogP contribution in [-0.4, -0.2) is 17.0 Å². The van der Waals surface area contributed by atoms with E-state index >= 15 is 0 Å². The van der Waals surface area contributed by atoms with Crippen molar-refractivity contribution in [3.05, 3.63) is 46.7 Å². The zero-order valence-electron chi connectivity index (χ0n) is 11.4. The fourth-order valence-corrected chi connectivity index (χ4v) is 2.85. The van der Waals surface area contributed by atoms with Crippen LogP contribution in [0.5, 0.6) is 0 Å². The summed E-state index contributed by atoms with van der Waals surface area (Å²) in [4.78, 5) is 10.3. The van der Waals surface area contributed by atoms with Gasteiger partial charge >= 0.3 is 0 Å². The maximum Gasteiger partial charge on any atom is 0.224 e. The summed E-state index contributed by atoms with van der Waals surface area (Å²) in [7, 11) is 1.83. The molecule has 2 aromatic heterocycles. The SMILES string of the molecule is CNc1nc(NC(C)c2cccs2)c2ccccc2n1. The van der Waals surface area contributed by atoms with Crippen LogP contribution >= 0.6 is 11.3 Å². The van der Waals surface area contributed by atoms with Crippen LogP contribution in [0.3, 0.4) is 0 Å². The summed E-state index contributed by atoms with van der Waals surface area (Å²) in [6, 6.07) is 12.4. The van der Waals surface area contributed by atoms with Gasteiger partial charge in [0.1, 0.15) is 5.82 Å². The molecule has 102 valence electrons. The van der Waals surface area contributed by atoms with Gasteiger partial charge in [-0.05, 0) is 30.5 Å². The smallest absolute Gasteiger partial charge is 0.224 e. The Bertz CT molecular complexity index is 709. The normalized spacial score (nSPS) is 12.3. The number of benzene rings is 1. The Morgan fingerprint density at radius 2 is 1.95 bits per heavy atom. The van der Waals surface area contributed by atoms with Crippen LogP contribution in [0.25, 0.3) is 10.9 Å². The van der Waals surface area contributed by atoms with Crippen molar-refractivity contribution in [2.75, 3.05) is 17.7 Å². The lowest BCUT2D eigenvalue weighted by atomic mass is 10.2. The molecule has 0 saturated heterocycles. The monoisotopic (exact) mass is 284 g/mol. The minimum absolute atomic E-state index is 0.220. The summed E-state index contributed by atoms with van der Waals surface area (Å²) in [5.41, 5.74) is 0.938. The predicted octanol–water partition coefficient (Wildman–Crippen LogP) is 3.91. The number of thiophene rings is 1. The first-order chi connectivity index (χ1) is 9.78. The van der Waals surface area contributed by atoms with E-state index < -0.39 is 0 Å². The molecule has 0 saturated carbocycles. The van der Waals surface area contributed by atoms with Gasteiger partial charge in [0, 0.05) is 17.3 Å². The number of nitrogens with zero attached hydrogens (tertiary/aromatic N) is 2. The van der Waals surface area contributed by atoms with Gasteiger partial charge < -0.3 is 10.6 Å². The molecular weight excluding hydrogens is 268 g/mol. The van der Waals surface area contributed by atoms with Crippen molar-refractivity contribution in [1.82, 2.24) is 9.97 Å². The van der Waals surface area contributed by atoms with Crippen molar-refractivity contribution < 1.29 is 0 Å². The van der Waals surface area contributed by atoms with Crippen LogP contribution < -0.4 is 10.6 Å². The Morgan fingerprint density at radius 1 is 1.10 bits per heavy atom. The first-order valence-electron chi connectivity index (χ1n) is 6.52. The van der Waals surface area contributed by atoms with Crippen molar-refractivity contribution >= 4 is 34.0 Å². The molecule has 1 aromatic carbocycles. The van der Waals surface area contributed by atoms with Crippen LogP contribution in [0.2, 0.25) is 0 Å². The highest BCUT2D eigenvalue weighted by atomic mass is 32.1. The van der Waals surface area contributed by atoms with E-state index in [0.717, 1.165) is 16.7 Å². The topological polar surface area (TPSA) is 49.8 Å². The van der Waals surface area contributed by atoms with Gasteiger partial charge in [0.05, 0.1) is 11.6 Å². The van der Waals surface area contributed by atoms with E-state index in [1.165, 1.54) is 4.88 Å². The highest BCUT2D eigenvalue weighted by Crippen LogP contribution is 2.27. The number of para-hydroxylation sites is 1. The summed E-state index contributed by atoms with van der Waals surface area (Å²) in [5, 5.41) is 9.61. The van der Waals surface area contributed by atoms with Crippen LogP contribution in [-0.2, 0) is 0 Å². The van der Waals surface area contributed by atoms with Gasteiger partial charge in [-0.1, -0.05) is 18.2 Å². The molecule has 2 heterocycles. The highest BCUT2D eigenvalue weighted by Gasteiger charge is 2.11. The molecule has 0 aliphatic heterocycles. The predicted molar refractivity (Wildman–Crippen MR) is 85.4 cm³/mol. The number of anilines is 2. The van der Waals surface area contributed by atoms with E-state index in [0.29, 0.717) is 5.95 Å². The Labute approximate surface area is 121 Å². The molecular formula is C15H16N4S. The molecule has 2 N–H and O–H groups in total. The summed E-state index contributed by atoms with van der Waals surface area (Å²) in [6.07, 6.45) is 0. The molecule has 0 radical (unpaired) electrons. The summed E-state index contributed by atoms with van der Waals surface area (Å²) < 4.78 is 0. The molecule has 0 aliphatic carbocycles. The third-order valence-corrected chi connectivity index (χ3v) is 4.21. The molecule has 3 rings (SSSR count). The lowest BCUT2D eigenvalue weighted by Crippen LogP contribution is -2.09. The molecule has 1 unspecified atom stereocenters. The Hall–Kier alpha value is -2.14. The third-order valence-electron chi connectivity index (χ3n) is 3.15. The maximum absolute atomic E-state index is 4.54. The fourth-order valence-electron chi connectivity index (χ4n) is 2.11. The van der Waals surface area contributed by atoms with E-state index in [1.54, 1.807) is 11.3 Å². The first kappa shape index (κ1) is 12.9. The van der Waals surface area contributed by atoms with Gasteiger partial charge in [-0.25, -0.2) is 4.98 Å². The lowest BCUT2D eigenvalue weighted by Gasteiger charge is -2.15. The largest absolute Gasteiger partial charge is 0.362 e. The molecule has 20 heavy (non-hydrogen) atoms. The molecule has 0 fully saturated rings. The third kappa shape index (κ3) is 2.44. The second-order valence-electron chi connectivity index (χ2n) is 4.54. The number of aromatic nitrogens is 2. The van der Waals surface area contributed by atoms with E-state index in [-0.39, 0.29) is 6.04 Å². The molecule has 4 nitrogen and oxygen atoms in total. The molecule has 1 atom stereocenters. The average molecular weight is 284 g/mol. The Kier molecular flexibility index (Phi) is 3.52. The van der Waals surface area contributed by atoms with Crippen LogP contribution in [0.15, 0.2) is 41.8 Å². The van der Waals surface area contributed by atoms with Crippen molar-refractivity contribution in [3.63, 3.8) is 0 Å². The van der Waals surface area contributed by atoms with Crippen molar-refractivity contribution in [1.29, 1.82) is 0 Å². The quantitative estimate of drug-likeness (QED) is 0.762. The second kappa shape index (κ2) is 5.46. The van der Waals surface area contributed by atoms with Gasteiger partial charge in [-0.2, -0.15) is 4.98 Å². The van der Waals surface area contributed by atoms with Crippen molar-refractivity contribution in [2.24, 2.45) is 0 Å². The molecule has 0 bridgehead atoms. The average Bonchev–Trinajstić information content (AvgIpc) is 3.01. The standard InChI is InChI=1S/C15H16N4S/c1-10(13-8-5-9-20-13)17-14-11-6-3-4-7-12(11)18-15(16-2)19-14/h3-10H,1-2H3,(H2,16,17,18,19). The van der Waals surface area contributed by atoms with E-state index in [1.807, 2.05) is 31.3 Å². The molecule has 3 aromatic rings. The second-order valence-corrected chi connectivity index (χ2v) is 5.52. The molecule has 0 spiro atoms. The minimum Gasteiger partial charge on any atom is -0.362 e. The van der Waals surface area contributed by atoms with Gasteiger partial charge in [0.2, 0.25) is 5.95 Å². The number of rotatable bonds is 4. The number of hydrogen-bond acceptors (Lipinski definition) is 5. The van der Waals surface area contributed by atoms with Crippen LogP contribution in [0.1, 0.15) is 17.8 Å². The van der Waals surface area contributed by atoms with E-state index in [9.17, 15) is 0 Å². The zero-order chi connectivity index (χ0) is 13.9. The van der Waals surface area contributed by atoms with Gasteiger partial charge in [-0.3, -0.25) is 0 Å². The summed E-state index contributed by atoms with van der Waals surface area (Å²) in [5.74, 6) is 1.49. The van der Waals surface area contributed by atoms with Gasteiger partial charge in [-0.15, -0.1) is 11.3 Å². The van der Waals surface area contributed by atoms with Crippen LogP contribution in [0.4, 0.5) is 11.8 Å². The zero-order valence-corrected chi connectivity index (χ0v) is 12.2. The Morgan fingerprint density at radius 3 is 2.70 bits per heavy atom. The molecule has 0 aliphatic rings. The summed E-state index contributed by atoms with van der Waals surface area (Å²) >= 11 is 1.74. The molecule has 0 amide bonds. The summed E-state index contributed by atoms with van der Waals surface area (Å²) in [6.45, 7) is 2.14. The van der Waals surface area contributed by atoms with Crippen LogP contribution in [0, 0.1) is 0 Å². The highest BCUT2D eigenvalue weighted by molar-refractivity contribution is 7.10. The Balaban J connectivity index is 2.01. The van der Waals surface area contributed by atoms with Crippen molar-refractivity contribution in [3.8, 4) is 0 Å². The number of fused-ring (bicyclic) bond motifs is 1. The number of hydrogen-bond donors (Lipinski definition) is 2. The fraction of sp³-hybridized carbons (Fsp3) is 0.200. The molecule has 5 heteroatoms.